The van der Waals surface area contributed by atoms with E-state index < -0.39 is 0 Å². The Morgan fingerprint density at radius 3 is 1.00 bits per heavy atom. The summed E-state index contributed by atoms with van der Waals surface area (Å²) < 4.78 is 6.80. The first-order chi connectivity index (χ1) is 10.9. The SMILES string of the molecule is c1ccc2c(c1)[Se]CCC[Se]c1ccccc1[Se]CCC[Se]2. The molecule has 4 heteroatoms. The Labute approximate surface area is 159 Å². The van der Waals surface area contributed by atoms with Crippen LogP contribution in [0.3, 0.4) is 0 Å². The molecule has 116 valence electrons. The molecule has 0 radical (unpaired) electrons. The molecule has 0 N–H and O–H groups in total. The Kier molecular flexibility index (Phi) is 7.67. The van der Waals surface area contributed by atoms with E-state index in [0.29, 0.717) is 59.8 Å². The van der Waals surface area contributed by atoms with Crippen LogP contribution in [0.25, 0.3) is 0 Å². The van der Waals surface area contributed by atoms with Crippen molar-refractivity contribution in [1.82, 2.24) is 0 Å². The van der Waals surface area contributed by atoms with Crippen LogP contribution in [-0.4, -0.2) is 59.8 Å². The molecule has 0 amide bonds. The fraction of sp³-hybridized carbons (Fsp3) is 0.333. The summed E-state index contributed by atoms with van der Waals surface area (Å²) in [6, 6.07) is 18.5. The van der Waals surface area contributed by atoms with Gasteiger partial charge in [0.05, 0.1) is 0 Å². The summed E-state index contributed by atoms with van der Waals surface area (Å²) in [5, 5.41) is 5.70. The van der Waals surface area contributed by atoms with Crippen molar-refractivity contribution in [3.8, 4) is 0 Å². The van der Waals surface area contributed by atoms with E-state index in [2.05, 4.69) is 48.5 Å². The first-order valence-corrected chi connectivity index (χ1v) is 15.9. The fourth-order valence-electron chi connectivity index (χ4n) is 2.22. The van der Waals surface area contributed by atoms with Crippen LogP contribution in [0.15, 0.2) is 48.5 Å². The van der Waals surface area contributed by atoms with Gasteiger partial charge in [-0.15, -0.1) is 0 Å². The summed E-state index contributed by atoms with van der Waals surface area (Å²) >= 11 is 2.79. The molecule has 0 spiro atoms. The molecule has 0 aromatic heterocycles. The second-order valence-corrected chi connectivity index (χ2v) is 14.5. The van der Waals surface area contributed by atoms with E-state index >= 15 is 0 Å². The van der Waals surface area contributed by atoms with E-state index in [-0.39, 0.29) is 0 Å². The van der Waals surface area contributed by atoms with E-state index in [0.717, 1.165) is 0 Å². The Morgan fingerprint density at radius 1 is 0.455 bits per heavy atom. The van der Waals surface area contributed by atoms with Gasteiger partial charge < -0.3 is 0 Å². The Balaban J connectivity index is 1.67. The molecule has 0 aliphatic carbocycles. The van der Waals surface area contributed by atoms with E-state index in [9.17, 15) is 0 Å². The van der Waals surface area contributed by atoms with Crippen molar-refractivity contribution in [2.45, 2.75) is 34.1 Å². The van der Waals surface area contributed by atoms with Gasteiger partial charge in [0.15, 0.2) is 0 Å². The second kappa shape index (κ2) is 9.73. The van der Waals surface area contributed by atoms with Crippen molar-refractivity contribution < 1.29 is 0 Å². The quantitative estimate of drug-likeness (QED) is 0.431. The molecule has 2 aromatic carbocycles. The Morgan fingerprint density at radius 2 is 0.727 bits per heavy atom. The summed E-state index contributed by atoms with van der Waals surface area (Å²) in [5.41, 5.74) is 0. The number of benzene rings is 2. The molecule has 3 rings (SSSR count). The van der Waals surface area contributed by atoms with Gasteiger partial charge in [-0.25, -0.2) is 0 Å². The second-order valence-electron chi connectivity index (χ2n) is 4.99. The molecule has 0 saturated heterocycles. The molecule has 1 heterocycles. The van der Waals surface area contributed by atoms with E-state index in [1.807, 2.05) is 0 Å². The standard InChI is InChI=1S/C18H20Se4/c1-2-8-16-15(7-1)19-11-5-13-21-17-9-3-4-10-18(17)22-14-6-12-20-16/h1-4,7-10H,5-6,11-14H2. The van der Waals surface area contributed by atoms with Crippen LogP contribution in [-0.2, 0) is 0 Å². The van der Waals surface area contributed by atoms with Crippen LogP contribution in [0, 0.1) is 0 Å². The zero-order chi connectivity index (χ0) is 15.0. The Hall–Kier alpha value is 0.518. The van der Waals surface area contributed by atoms with Gasteiger partial charge in [-0.3, -0.25) is 0 Å². The van der Waals surface area contributed by atoms with Crippen LogP contribution in [0.4, 0.5) is 0 Å². The molecule has 0 saturated carbocycles. The number of fused-ring (bicyclic) bond motifs is 2. The van der Waals surface area contributed by atoms with Crippen LogP contribution in [0.5, 0.6) is 0 Å². The Bertz CT molecular complexity index is 494. The summed E-state index contributed by atoms with van der Waals surface area (Å²) in [6.45, 7) is 0. The van der Waals surface area contributed by atoms with Gasteiger partial charge in [0, 0.05) is 0 Å². The average Bonchev–Trinajstić information content (AvgIpc) is 2.56. The predicted molar refractivity (Wildman–Crippen MR) is 103 cm³/mol. The molecule has 1 aliphatic heterocycles. The summed E-state index contributed by atoms with van der Waals surface area (Å²) in [7, 11) is 0. The summed E-state index contributed by atoms with van der Waals surface area (Å²) in [5.74, 6) is 0. The maximum absolute atomic E-state index is 2.40. The van der Waals surface area contributed by atoms with Gasteiger partial charge in [-0.05, 0) is 0 Å². The zero-order valence-corrected chi connectivity index (χ0v) is 19.3. The molecule has 0 unspecified atom stereocenters. The van der Waals surface area contributed by atoms with Gasteiger partial charge in [0.1, 0.15) is 0 Å². The predicted octanol–water partition coefficient (Wildman–Crippen LogP) is 1.17. The van der Waals surface area contributed by atoms with Crippen LogP contribution in [0.1, 0.15) is 12.8 Å². The van der Waals surface area contributed by atoms with Crippen molar-refractivity contribution in [2.24, 2.45) is 0 Å². The number of hydrogen-bond acceptors (Lipinski definition) is 0. The molecule has 22 heavy (non-hydrogen) atoms. The molecule has 2 aromatic rings. The average molecular weight is 552 g/mol. The number of hydrogen-bond donors (Lipinski definition) is 0. The monoisotopic (exact) mass is 556 g/mol. The van der Waals surface area contributed by atoms with Crippen LogP contribution >= 0.6 is 0 Å². The van der Waals surface area contributed by atoms with E-state index in [1.165, 1.54) is 34.1 Å². The van der Waals surface area contributed by atoms with Crippen molar-refractivity contribution in [1.29, 1.82) is 0 Å². The molecular formula is C18H20Se4. The molecule has 0 bridgehead atoms. The molecule has 1 aliphatic rings. The van der Waals surface area contributed by atoms with E-state index in [1.54, 1.807) is 17.8 Å². The van der Waals surface area contributed by atoms with Crippen molar-refractivity contribution in [2.75, 3.05) is 0 Å². The van der Waals surface area contributed by atoms with Gasteiger partial charge >= 0.3 is 160 Å². The van der Waals surface area contributed by atoms with Crippen LogP contribution in [0.2, 0.25) is 21.3 Å². The molecule has 0 atom stereocenters. The minimum absolute atomic E-state index is 0.696. The first-order valence-electron chi connectivity index (χ1n) is 7.63. The number of rotatable bonds is 0. The third-order valence-electron chi connectivity index (χ3n) is 3.31. The minimum atomic E-state index is 0.696. The molecule has 0 fully saturated rings. The molecule has 0 nitrogen and oxygen atoms in total. The van der Waals surface area contributed by atoms with Crippen molar-refractivity contribution in [3.05, 3.63) is 48.5 Å². The first kappa shape index (κ1) is 17.3. The summed E-state index contributed by atoms with van der Waals surface area (Å²) in [6.07, 6.45) is 2.84. The van der Waals surface area contributed by atoms with E-state index in [4.69, 9.17) is 0 Å². The zero-order valence-electron chi connectivity index (χ0n) is 12.5. The maximum atomic E-state index is 2.40. The summed E-state index contributed by atoms with van der Waals surface area (Å²) in [4.78, 5) is 0. The van der Waals surface area contributed by atoms with Gasteiger partial charge in [-0.1, -0.05) is 0 Å². The van der Waals surface area contributed by atoms with Crippen LogP contribution < -0.4 is 17.8 Å². The fourth-order valence-corrected chi connectivity index (χ4v) is 14.1. The van der Waals surface area contributed by atoms with Crippen molar-refractivity contribution >= 4 is 77.7 Å². The third kappa shape index (κ3) is 5.27. The van der Waals surface area contributed by atoms with Crippen molar-refractivity contribution in [3.63, 3.8) is 0 Å². The molecular weight excluding hydrogens is 532 g/mol. The normalized spacial score (nSPS) is 17.1. The van der Waals surface area contributed by atoms with Gasteiger partial charge in [-0.2, -0.15) is 0 Å². The topological polar surface area (TPSA) is 0 Å². The third-order valence-corrected chi connectivity index (χ3v) is 14.3. The van der Waals surface area contributed by atoms with Gasteiger partial charge in [0.25, 0.3) is 0 Å². The van der Waals surface area contributed by atoms with Gasteiger partial charge in [0.2, 0.25) is 0 Å².